The molecule has 5 nitrogen and oxygen atoms in total. The maximum absolute atomic E-state index is 11.9. The van der Waals surface area contributed by atoms with Gasteiger partial charge >= 0.3 is 6.03 Å². The molecule has 0 bridgehead atoms. The maximum atomic E-state index is 11.9. The fourth-order valence-electron chi connectivity index (χ4n) is 2.25. The number of rotatable bonds is 7. The molecule has 0 saturated heterocycles. The first kappa shape index (κ1) is 19.3. The van der Waals surface area contributed by atoms with Crippen molar-refractivity contribution in [3.05, 3.63) is 29.8 Å². The van der Waals surface area contributed by atoms with Crippen molar-refractivity contribution < 1.29 is 14.6 Å². The highest BCUT2D eigenvalue weighted by atomic mass is 16.5. The summed E-state index contributed by atoms with van der Waals surface area (Å²) in [5.41, 5.74) is 0.656. The van der Waals surface area contributed by atoms with Crippen LogP contribution in [0.25, 0.3) is 0 Å². The van der Waals surface area contributed by atoms with Gasteiger partial charge in [0.2, 0.25) is 0 Å². The summed E-state index contributed by atoms with van der Waals surface area (Å²) in [5.74, 6) is 1.01. The van der Waals surface area contributed by atoms with Gasteiger partial charge in [0.15, 0.2) is 0 Å². The molecule has 2 amide bonds. The van der Waals surface area contributed by atoms with E-state index in [0.29, 0.717) is 19.5 Å². The Morgan fingerprint density at radius 1 is 1.22 bits per heavy atom. The van der Waals surface area contributed by atoms with Gasteiger partial charge in [-0.3, -0.25) is 0 Å². The molecule has 0 aliphatic rings. The molecule has 0 spiro atoms. The molecule has 0 aromatic heterocycles. The molecule has 1 rings (SSSR count). The number of hydrogen-bond acceptors (Lipinski definition) is 3. The molecular formula is C18H30N2O3. The number of amides is 2. The van der Waals surface area contributed by atoms with E-state index in [4.69, 9.17) is 4.74 Å². The number of para-hydroxylation sites is 1. The van der Waals surface area contributed by atoms with Crippen molar-refractivity contribution in [2.45, 2.75) is 59.3 Å². The molecule has 0 radical (unpaired) electrons. The van der Waals surface area contributed by atoms with Crippen LogP contribution in [-0.2, 0) is 6.54 Å². The highest BCUT2D eigenvalue weighted by molar-refractivity contribution is 5.73. The van der Waals surface area contributed by atoms with E-state index in [-0.39, 0.29) is 23.7 Å². The molecule has 1 aromatic carbocycles. The van der Waals surface area contributed by atoms with E-state index in [1.165, 1.54) is 0 Å². The molecule has 2 atom stereocenters. The van der Waals surface area contributed by atoms with Gasteiger partial charge in [0.1, 0.15) is 11.4 Å². The van der Waals surface area contributed by atoms with Crippen LogP contribution in [0.15, 0.2) is 24.3 Å². The lowest BCUT2D eigenvalue weighted by molar-refractivity contribution is 0.129. The lowest BCUT2D eigenvalue weighted by Crippen LogP contribution is -2.38. The van der Waals surface area contributed by atoms with E-state index in [1.807, 2.05) is 52.0 Å². The summed E-state index contributed by atoms with van der Waals surface area (Å²) in [4.78, 5) is 11.9. The smallest absolute Gasteiger partial charge is 0.315 e. The summed E-state index contributed by atoms with van der Waals surface area (Å²) in [6.07, 6.45) is 0.319. The molecule has 0 heterocycles. The van der Waals surface area contributed by atoms with Gasteiger partial charge in [0, 0.05) is 18.7 Å². The Labute approximate surface area is 139 Å². The van der Waals surface area contributed by atoms with Crippen LogP contribution in [0.2, 0.25) is 0 Å². The number of aliphatic hydroxyl groups excluding tert-OH is 1. The topological polar surface area (TPSA) is 70.6 Å². The van der Waals surface area contributed by atoms with Crippen LogP contribution in [0.4, 0.5) is 4.79 Å². The highest BCUT2D eigenvalue weighted by Crippen LogP contribution is 2.22. The highest BCUT2D eigenvalue weighted by Gasteiger charge is 2.14. The number of carbonyl (C=O) groups is 1. The largest absolute Gasteiger partial charge is 0.488 e. The van der Waals surface area contributed by atoms with E-state index in [1.54, 1.807) is 6.92 Å². The lowest BCUT2D eigenvalue weighted by atomic mass is 10.1. The molecule has 0 aliphatic heterocycles. The minimum Gasteiger partial charge on any atom is -0.488 e. The number of nitrogens with one attached hydrogen (secondary N) is 2. The average molecular weight is 322 g/mol. The van der Waals surface area contributed by atoms with Gasteiger partial charge in [0.05, 0.1) is 6.10 Å². The molecule has 23 heavy (non-hydrogen) atoms. The molecule has 0 saturated carbocycles. The van der Waals surface area contributed by atoms with Crippen LogP contribution in [0, 0.1) is 5.92 Å². The van der Waals surface area contributed by atoms with Gasteiger partial charge < -0.3 is 20.5 Å². The average Bonchev–Trinajstić information content (AvgIpc) is 2.42. The van der Waals surface area contributed by atoms with Crippen molar-refractivity contribution in [2.75, 3.05) is 6.54 Å². The van der Waals surface area contributed by atoms with Gasteiger partial charge in [-0.2, -0.15) is 0 Å². The van der Waals surface area contributed by atoms with Gasteiger partial charge in [-0.05, 0) is 46.1 Å². The van der Waals surface area contributed by atoms with Crippen LogP contribution in [0.5, 0.6) is 5.75 Å². The van der Waals surface area contributed by atoms with Crippen molar-refractivity contribution >= 4 is 6.03 Å². The fourth-order valence-corrected chi connectivity index (χ4v) is 2.25. The van der Waals surface area contributed by atoms with Crippen molar-refractivity contribution in [2.24, 2.45) is 5.92 Å². The van der Waals surface area contributed by atoms with Gasteiger partial charge in [0.25, 0.3) is 0 Å². The fraction of sp³-hybridized carbons (Fsp3) is 0.611. The third-order valence-electron chi connectivity index (χ3n) is 3.18. The first-order valence-corrected chi connectivity index (χ1v) is 8.14. The van der Waals surface area contributed by atoms with Gasteiger partial charge in [-0.1, -0.05) is 25.1 Å². The van der Waals surface area contributed by atoms with Gasteiger partial charge in [-0.15, -0.1) is 0 Å². The zero-order valence-corrected chi connectivity index (χ0v) is 14.8. The minimum absolute atomic E-state index is 0.215. The van der Waals surface area contributed by atoms with Crippen LogP contribution in [0.1, 0.15) is 46.6 Å². The number of carbonyl (C=O) groups excluding carboxylic acids is 1. The summed E-state index contributed by atoms with van der Waals surface area (Å²) in [6.45, 7) is 10.7. The van der Waals surface area contributed by atoms with Crippen molar-refractivity contribution in [3.8, 4) is 5.75 Å². The second-order valence-electron chi connectivity index (χ2n) is 7.08. The Balaban J connectivity index is 2.47. The van der Waals surface area contributed by atoms with Crippen LogP contribution < -0.4 is 15.4 Å². The summed E-state index contributed by atoms with van der Waals surface area (Å²) in [5, 5.41) is 15.0. The van der Waals surface area contributed by atoms with E-state index < -0.39 is 0 Å². The number of benzene rings is 1. The van der Waals surface area contributed by atoms with Crippen molar-refractivity contribution in [3.63, 3.8) is 0 Å². The summed E-state index contributed by atoms with van der Waals surface area (Å²) < 4.78 is 5.91. The number of ether oxygens (including phenoxy) is 1. The van der Waals surface area contributed by atoms with Crippen LogP contribution >= 0.6 is 0 Å². The third-order valence-corrected chi connectivity index (χ3v) is 3.18. The monoisotopic (exact) mass is 322 g/mol. The van der Waals surface area contributed by atoms with Crippen molar-refractivity contribution in [1.82, 2.24) is 10.6 Å². The van der Waals surface area contributed by atoms with E-state index in [0.717, 1.165) is 11.3 Å². The molecule has 0 aliphatic carbocycles. The molecule has 3 N–H and O–H groups in total. The molecule has 5 heteroatoms. The van der Waals surface area contributed by atoms with Crippen LogP contribution in [0.3, 0.4) is 0 Å². The number of aliphatic hydroxyl groups is 1. The Hall–Kier alpha value is -1.75. The first-order chi connectivity index (χ1) is 10.7. The van der Waals surface area contributed by atoms with Crippen molar-refractivity contribution in [1.29, 1.82) is 0 Å². The summed E-state index contributed by atoms with van der Waals surface area (Å²) in [7, 11) is 0. The second-order valence-corrected chi connectivity index (χ2v) is 7.08. The van der Waals surface area contributed by atoms with E-state index in [9.17, 15) is 9.90 Å². The standard InChI is InChI=1S/C18H30N2O3/c1-13(10-14(2)21)11-19-17(22)20-12-15-8-6-7-9-16(15)23-18(3,4)5/h6-9,13-14,21H,10-12H2,1-5H3,(H2,19,20,22). The minimum atomic E-state index is -0.351. The predicted molar refractivity (Wildman–Crippen MR) is 92.5 cm³/mol. The molecule has 2 unspecified atom stereocenters. The first-order valence-electron chi connectivity index (χ1n) is 8.14. The Kier molecular flexibility index (Phi) is 7.36. The maximum Gasteiger partial charge on any atom is 0.315 e. The summed E-state index contributed by atoms with van der Waals surface area (Å²) >= 11 is 0. The summed E-state index contributed by atoms with van der Waals surface area (Å²) in [6, 6.07) is 7.48. The Morgan fingerprint density at radius 3 is 2.48 bits per heavy atom. The van der Waals surface area contributed by atoms with E-state index in [2.05, 4.69) is 10.6 Å². The van der Waals surface area contributed by atoms with Crippen LogP contribution in [-0.4, -0.2) is 29.4 Å². The number of urea groups is 1. The zero-order valence-electron chi connectivity index (χ0n) is 14.8. The molecule has 1 aromatic rings. The SMILES string of the molecule is CC(O)CC(C)CNC(=O)NCc1ccccc1OC(C)(C)C. The molecular weight excluding hydrogens is 292 g/mol. The number of hydrogen-bond donors (Lipinski definition) is 3. The zero-order chi connectivity index (χ0) is 17.5. The lowest BCUT2D eigenvalue weighted by Gasteiger charge is -2.23. The molecule has 130 valence electrons. The molecule has 0 fully saturated rings. The van der Waals surface area contributed by atoms with Gasteiger partial charge in [-0.25, -0.2) is 4.79 Å². The quantitative estimate of drug-likeness (QED) is 0.722. The second kappa shape index (κ2) is 8.77. The third kappa shape index (κ3) is 8.45. The predicted octanol–water partition coefficient (Wildman–Crippen LogP) is 3.07. The Bertz CT molecular complexity index is 495. The Morgan fingerprint density at radius 2 is 1.87 bits per heavy atom. The normalized spacial score (nSPS) is 14.0. The van der Waals surface area contributed by atoms with E-state index >= 15 is 0 Å².